The normalized spacial score (nSPS) is 11.3. The molecule has 0 atom stereocenters. The van der Waals surface area contributed by atoms with Gasteiger partial charge in [-0.15, -0.1) is 0 Å². The molecule has 1 heterocycles. The van der Waals surface area contributed by atoms with Gasteiger partial charge in [0.2, 0.25) is 0 Å². The van der Waals surface area contributed by atoms with Crippen molar-refractivity contribution in [1.29, 1.82) is 0 Å². The number of anilines is 2. The first-order valence-electron chi connectivity index (χ1n) is 6.63. The van der Waals surface area contributed by atoms with Gasteiger partial charge in [0.05, 0.1) is 16.8 Å². The molecule has 0 unspecified atom stereocenters. The molecule has 2 aromatic carbocycles. The Labute approximate surface area is 169 Å². The van der Waals surface area contributed by atoms with Crippen molar-refractivity contribution in [2.24, 2.45) is 0 Å². The number of rotatable bonds is 1. The zero-order chi connectivity index (χ0) is 17.9. The van der Waals surface area contributed by atoms with E-state index in [9.17, 15) is 9.59 Å². The number of nitrogen functional groups attached to an aromatic ring is 1. The number of nitrogens with two attached hydrogens (primary N) is 1. The molecule has 0 aliphatic carbocycles. The number of benzene rings is 2. The number of fused-ring (bicyclic) bond motifs is 1. The van der Waals surface area contributed by atoms with E-state index in [1.807, 2.05) is 12.1 Å². The molecule has 0 saturated heterocycles. The molecule has 5 N–H and O–H groups in total. The molecule has 6 nitrogen and oxygen atoms in total. The van der Waals surface area contributed by atoms with Crippen LogP contribution in [0.3, 0.4) is 0 Å². The second-order valence-corrected chi connectivity index (χ2v) is 6.62. The van der Waals surface area contributed by atoms with E-state index < -0.39 is 5.97 Å². The molecule has 3 rings (SSSR count). The van der Waals surface area contributed by atoms with Crippen molar-refractivity contribution in [3.05, 3.63) is 68.9 Å². The van der Waals surface area contributed by atoms with Crippen molar-refractivity contribution >= 4 is 55.1 Å². The van der Waals surface area contributed by atoms with Crippen molar-refractivity contribution in [3.8, 4) is 0 Å². The van der Waals surface area contributed by atoms with Gasteiger partial charge in [0.15, 0.2) is 0 Å². The zero-order valence-electron chi connectivity index (χ0n) is 12.3. The van der Waals surface area contributed by atoms with Crippen LogP contribution < -0.4 is 16.4 Å². The van der Waals surface area contributed by atoms with Crippen LogP contribution in [-0.4, -0.2) is 17.0 Å². The molecule has 26 heavy (non-hydrogen) atoms. The first kappa shape index (κ1) is 23.7. The quantitative estimate of drug-likeness (QED) is 0.421. The maximum Gasteiger partial charge on any atom is 0.337 e. The predicted molar refractivity (Wildman–Crippen MR) is 113 cm³/mol. The van der Waals surface area contributed by atoms with Crippen molar-refractivity contribution in [1.82, 2.24) is 5.32 Å². The molecule has 0 bridgehead atoms. The highest BCUT2D eigenvalue weighted by Gasteiger charge is 2.17. The smallest absolute Gasteiger partial charge is 0.337 e. The minimum absolute atomic E-state index is 0. The second-order valence-electron chi connectivity index (χ2n) is 4.78. The molecule has 0 fully saturated rings. The van der Waals surface area contributed by atoms with Gasteiger partial charge < -0.3 is 21.5 Å². The van der Waals surface area contributed by atoms with Gasteiger partial charge in [0, 0.05) is 14.6 Å². The van der Waals surface area contributed by atoms with E-state index in [0.29, 0.717) is 15.9 Å². The number of halogens is 2. The minimum atomic E-state index is -1.01. The van der Waals surface area contributed by atoms with Gasteiger partial charge in [-0.25, -0.2) is 4.79 Å². The van der Waals surface area contributed by atoms with E-state index in [-0.39, 0.29) is 32.0 Å². The number of carboxylic acid groups (broad SMARTS) is 1. The largest absolute Gasteiger partial charge is 0.478 e. The molecule has 1 amide bonds. The van der Waals surface area contributed by atoms with Crippen LogP contribution in [-0.2, 0) is 0 Å². The summed E-state index contributed by atoms with van der Waals surface area (Å²) < 4.78 is 1.60. The van der Waals surface area contributed by atoms with E-state index in [0.717, 1.165) is 10.2 Å². The standard InChI is InChI=1S/C9H7BrN2O.C7H6BrNO2.2CH4/c1-5-11-8-3-2-6(10)4-7(8)9(13)12-5;8-4-1-2-6(9)5(3-4)7(10)11;;/h2-4,11H,1H2,(H,12,13);1-3H,9H2,(H,10,11);2*1H4. The van der Waals surface area contributed by atoms with Crippen molar-refractivity contribution in [2.75, 3.05) is 11.1 Å². The van der Waals surface area contributed by atoms with E-state index in [1.165, 1.54) is 6.07 Å². The van der Waals surface area contributed by atoms with Crippen molar-refractivity contribution in [3.63, 3.8) is 0 Å². The molecule has 0 aromatic heterocycles. The van der Waals surface area contributed by atoms with Gasteiger partial charge in [-0.2, -0.15) is 0 Å². The number of hydrogen-bond donors (Lipinski definition) is 4. The summed E-state index contributed by atoms with van der Waals surface area (Å²) in [5.74, 6) is -0.622. The molecule has 2 aromatic rings. The maximum absolute atomic E-state index is 11.4. The topological polar surface area (TPSA) is 104 Å². The van der Waals surface area contributed by atoms with Gasteiger partial charge >= 0.3 is 5.97 Å². The first-order valence-corrected chi connectivity index (χ1v) is 8.21. The number of nitrogens with one attached hydrogen (secondary N) is 2. The molecule has 1 aliphatic rings. The van der Waals surface area contributed by atoms with Crippen LogP contribution in [0.1, 0.15) is 35.6 Å². The Hall–Kier alpha value is -2.32. The Morgan fingerprint density at radius 1 is 1.04 bits per heavy atom. The van der Waals surface area contributed by atoms with Crippen LogP contribution in [0.2, 0.25) is 0 Å². The van der Waals surface area contributed by atoms with Crippen molar-refractivity contribution in [2.45, 2.75) is 14.9 Å². The van der Waals surface area contributed by atoms with E-state index in [1.54, 1.807) is 18.2 Å². The SMILES string of the molecule is C.C.C=C1NC(=O)c2cc(Br)ccc2N1.Nc1ccc(Br)cc1C(=O)O. The third kappa shape index (κ3) is 5.89. The van der Waals surface area contributed by atoms with Gasteiger partial charge in [0.25, 0.3) is 5.91 Å². The Morgan fingerprint density at radius 3 is 2.19 bits per heavy atom. The van der Waals surface area contributed by atoms with E-state index >= 15 is 0 Å². The molecule has 140 valence electrons. The Kier molecular flexibility index (Phi) is 9.09. The number of carboxylic acids is 1. The summed E-state index contributed by atoms with van der Waals surface area (Å²) >= 11 is 6.45. The van der Waals surface area contributed by atoms with Crippen LogP contribution in [0.5, 0.6) is 0 Å². The molecular weight excluding hydrogens is 466 g/mol. The zero-order valence-corrected chi connectivity index (χ0v) is 15.4. The second kappa shape index (κ2) is 9.98. The summed E-state index contributed by atoms with van der Waals surface area (Å²) in [5, 5.41) is 14.2. The predicted octanol–water partition coefficient (Wildman–Crippen LogP) is 5.08. The summed E-state index contributed by atoms with van der Waals surface area (Å²) in [5.41, 5.74) is 7.21. The lowest BCUT2D eigenvalue weighted by Gasteiger charge is -2.20. The maximum atomic E-state index is 11.4. The number of amides is 1. The molecule has 8 heteroatoms. The lowest BCUT2D eigenvalue weighted by Crippen LogP contribution is -2.31. The fraction of sp³-hybridized carbons (Fsp3) is 0.111. The fourth-order valence-electron chi connectivity index (χ4n) is 1.93. The Morgan fingerprint density at radius 2 is 1.62 bits per heavy atom. The molecule has 0 saturated carbocycles. The summed E-state index contributed by atoms with van der Waals surface area (Å²) in [6.45, 7) is 3.63. The van der Waals surface area contributed by atoms with Gasteiger partial charge in [0.1, 0.15) is 5.82 Å². The highest BCUT2D eigenvalue weighted by atomic mass is 79.9. The van der Waals surface area contributed by atoms with Gasteiger partial charge in [-0.1, -0.05) is 53.3 Å². The number of hydrogen-bond acceptors (Lipinski definition) is 4. The molecule has 0 radical (unpaired) electrons. The van der Waals surface area contributed by atoms with Crippen LogP contribution in [0.15, 0.2) is 57.7 Å². The summed E-state index contributed by atoms with van der Waals surface area (Å²) in [7, 11) is 0. The van der Waals surface area contributed by atoms with E-state index in [2.05, 4.69) is 49.1 Å². The van der Waals surface area contributed by atoms with E-state index in [4.69, 9.17) is 10.8 Å². The van der Waals surface area contributed by atoms with Crippen LogP contribution in [0, 0.1) is 0 Å². The molecule has 1 aliphatic heterocycles. The summed E-state index contributed by atoms with van der Waals surface area (Å²) in [6.07, 6.45) is 0. The Bertz CT molecular complexity index is 838. The highest BCUT2D eigenvalue weighted by molar-refractivity contribution is 9.10. The van der Waals surface area contributed by atoms with Crippen molar-refractivity contribution < 1.29 is 14.7 Å². The summed E-state index contributed by atoms with van der Waals surface area (Å²) in [6, 6.07) is 10.2. The minimum Gasteiger partial charge on any atom is -0.478 e. The van der Waals surface area contributed by atoms with Crippen LogP contribution in [0.4, 0.5) is 11.4 Å². The first-order chi connectivity index (χ1) is 11.3. The third-order valence-corrected chi connectivity index (χ3v) is 4.01. The third-order valence-electron chi connectivity index (χ3n) is 3.02. The Balaban J connectivity index is 0.000000453. The average molecular weight is 487 g/mol. The fourth-order valence-corrected chi connectivity index (χ4v) is 2.65. The summed E-state index contributed by atoms with van der Waals surface area (Å²) in [4.78, 5) is 21.9. The number of carbonyl (C=O) groups is 2. The van der Waals surface area contributed by atoms with Gasteiger partial charge in [-0.05, 0) is 36.4 Å². The average Bonchev–Trinajstić information content (AvgIpc) is 2.51. The molecular formula is C18H21Br2N3O3. The highest BCUT2D eigenvalue weighted by Crippen LogP contribution is 2.24. The number of carbonyl (C=O) groups excluding carboxylic acids is 1. The lowest BCUT2D eigenvalue weighted by atomic mass is 10.1. The lowest BCUT2D eigenvalue weighted by molar-refractivity contribution is 0.0697. The molecule has 0 spiro atoms. The number of aromatic carboxylic acids is 1. The van der Waals surface area contributed by atoms with Crippen LogP contribution >= 0.6 is 31.9 Å². The van der Waals surface area contributed by atoms with Gasteiger partial charge in [-0.3, -0.25) is 4.79 Å². The van der Waals surface area contributed by atoms with Crippen LogP contribution in [0.25, 0.3) is 0 Å². The monoisotopic (exact) mass is 485 g/mol.